The first-order chi connectivity index (χ1) is 7.35. The van der Waals surface area contributed by atoms with Gasteiger partial charge in [0.15, 0.2) is 5.82 Å². The van der Waals surface area contributed by atoms with Gasteiger partial charge in [-0.25, -0.2) is 4.98 Å². The molecule has 3 N–H and O–H groups in total. The van der Waals surface area contributed by atoms with Crippen molar-refractivity contribution in [3.05, 3.63) is 11.0 Å². The van der Waals surface area contributed by atoms with Crippen LogP contribution in [-0.2, 0) is 0 Å². The lowest BCUT2D eigenvalue weighted by atomic mass is 9.90. The Labute approximate surface area is 102 Å². The van der Waals surface area contributed by atoms with Crippen LogP contribution in [0.25, 0.3) is 0 Å². The lowest BCUT2D eigenvalue weighted by molar-refractivity contribution is 0.376. The number of aryl methyl sites for hydroxylation is 1. The van der Waals surface area contributed by atoms with Crippen LogP contribution in [-0.4, -0.2) is 16.5 Å². The van der Waals surface area contributed by atoms with E-state index in [0.717, 1.165) is 13.0 Å². The van der Waals surface area contributed by atoms with Crippen LogP contribution in [0.5, 0.6) is 0 Å². The number of nitrogens with two attached hydrogens (primary N) is 1. The Bertz CT molecular complexity index is 376. The zero-order chi connectivity index (χ0) is 12.3. The van der Waals surface area contributed by atoms with E-state index in [1.165, 1.54) is 0 Å². The third-order valence-corrected chi connectivity index (χ3v) is 2.97. The minimum Gasteiger partial charge on any atom is -0.394 e. The number of nitrogens with zero attached hydrogens (tertiary/aromatic N) is 2. The molecule has 0 aliphatic heterocycles. The Morgan fingerprint density at radius 3 is 2.56 bits per heavy atom. The first kappa shape index (κ1) is 13.0. The normalized spacial score (nSPS) is 11.6. The maximum atomic E-state index is 5.88. The molecule has 1 aromatic rings. The van der Waals surface area contributed by atoms with Gasteiger partial charge in [-0.05, 0) is 30.4 Å². The Balaban J connectivity index is 2.82. The van der Waals surface area contributed by atoms with E-state index >= 15 is 0 Å². The summed E-state index contributed by atoms with van der Waals surface area (Å²) in [5.41, 5.74) is 7.35. The Morgan fingerprint density at radius 1 is 1.38 bits per heavy atom. The van der Waals surface area contributed by atoms with Crippen molar-refractivity contribution in [2.24, 2.45) is 5.41 Å². The zero-order valence-corrected chi connectivity index (χ0v) is 11.0. The van der Waals surface area contributed by atoms with E-state index < -0.39 is 0 Å². The highest BCUT2D eigenvalue weighted by Gasteiger charge is 2.16. The van der Waals surface area contributed by atoms with Gasteiger partial charge in [0, 0.05) is 6.54 Å². The van der Waals surface area contributed by atoms with Gasteiger partial charge in [-0.1, -0.05) is 20.8 Å². The molecule has 0 unspecified atom stereocenters. The van der Waals surface area contributed by atoms with E-state index in [4.69, 9.17) is 17.3 Å². The van der Waals surface area contributed by atoms with Crippen molar-refractivity contribution >= 4 is 23.1 Å². The monoisotopic (exact) mass is 242 g/mol. The van der Waals surface area contributed by atoms with Gasteiger partial charge in [-0.2, -0.15) is 4.98 Å². The molecule has 0 amide bonds. The molecule has 0 aliphatic carbocycles. The summed E-state index contributed by atoms with van der Waals surface area (Å²) in [6.45, 7) is 9.15. The summed E-state index contributed by atoms with van der Waals surface area (Å²) in [5, 5.41) is 3.45. The largest absolute Gasteiger partial charge is 0.394 e. The molecule has 0 fully saturated rings. The van der Waals surface area contributed by atoms with Gasteiger partial charge < -0.3 is 11.1 Å². The number of nitrogens with one attached hydrogen (secondary N) is 1. The lowest BCUT2D eigenvalue weighted by Crippen LogP contribution is -2.23. The molecule has 0 aliphatic rings. The van der Waals surface area contributed by atoms with E-state index in [1.807, 2.05) is 6.92 Å². The summed E-state index contributed by atoms with van der Waals surface area (Å²) in [6.07, 6.45) is 1.08. The number of hydrogen-bond donors (Lipinski definition) is 2. The van der Waals surface area contributed by atoms with Gasteiger partial charge in [0.25, 0.3) is 0 Å². The highest BCUT2D eigenvalue weighted by Crippen LogP contribution is 2.24. The second kappa shape index (κ2) is 4.87. The third-order valence-electron chi connectivity index (χ3n) is 2.80. The third kappa shape index (κ3) is 3.23. The van der Waals surface area contributed by atoms with Crippen molar-refractivity contribution in [2.45, 2.75) is 34.1 Å². The number of nitrogen functional groups attached to an aromatic ring is 1. The van der Waals surface area contributed by atoms with E-state index in [9.17, 15) is 0 Å². The topological polar surface area (TPSA) is 63.8 Å². The minimum atomic E-state index is 0.206. The van der Waals surface area contributed by atoms with Gasteiger partial charge in [0.1, 0.15) is 0 Å². The van der Waals surface area contributed by atoms with Crippen LogP contribution < -0.4 is 11.1 Å². The van der Waals surface area contributed by atoms with Crippen molar-refractivity contribution in [3.8, 4) is 0 Å². The highest BCUT2D eigenvalue weighted by molar-refractivity contribution is 6.28. The van der Waals surface area contributed by atoms with Crippen molar-refractivity contribution < 1.29 is 0 Å². The Hall–Kier alpha value is -1.03. The van der Waals surface area contributed by atoms with Crippen LogP contribution >= 0.6 is 11.6 Å². The smallest absolute Gasteiger partial charge is 0.224 e. The van der Waals surface area contributed by atoms with Gasteiger partial charge >= 0.3 is 0 Å². The molecular weight excluding hydrogens is 224 g/mol. The highest BCUT2D eigenvalue weighted by atomic mass is 35.5. The fraction of sp³-hybridized carbons (Fsp3) is 0.636. The summed E-state index contributed by atoms with van der Waals surface area (Å²) in [5.74, 6) is 0.624. The summed E-state index contributed by atoms with van der Waals surface area (Å²) in [6, 6.07) is 0. The number of hydrogen-bond acceptors (Lipinski definition) is 4. The number of halogens is 1. The molecule has 0 radical (unpaired) electrons. The molecule has 0 spiro atoms. The summed E-state index contributed by atoms with van der Waals surface area (Å²) in [4.78, 5) is 8.08. The quantitative estimate of drug-likeness (QED) is 0.797. The molecule has 1 aromatic heterocycles. The molecule has 4 nitrogen and oxygen atoms in total. The molecule has 0 saturated carbocycles. The molecule has 90 valence electrons. The SMILES string of the molecule is CCC(C)(C)CNc1nc(Cl)nc(C)c1N. The number of rotatable bonds is 4. The number of aromatic nitrogens is 2. The maximum Gasteiger partial charge on any atom is 0.224 e. The van der Waals surface area contributed by atoms with Crippen LogP contribution in [0.2, 0.25) is 5.28 Å². The Kier molecular flexibility index (Phi) is 3.97. The molecule has 0 atom stereocenters. The standard InChI is InChI=1S/C11H19ClN4/c1-5-11(3,4)6-14-9-8(13)7(2)15-10(12)16-9/h5-6,13H2,1-4H3,(H,14,15,16). The van der Waals surface area contributed by atoms with Crippen LogP contribution in [0, 0.1) is 12.3 Å². The average molecular weight is 243 g/mol. The van der Waals surface area contributed by atoms with Gasteiger partial charge in [0.05, 0.1) is 11.4 Å². The fourth-order valence-electron chi connectivity index (χ4n) is 1.13. The lowest BCUT2D eigenvalue weighted by Gasteiger charge is -2.23. The molecule has 5 heteroatoms. The minimum absolute atomic E-state index is 0.206. The van der Waals surface area contributed by atoms with E-state index in [2.05, 4.69) is 36.1 Å². The van der Waals surface area contributed by atoms with E-state index in [-0.39, 0.29) is 10.7 Å². The van der Waals surface area contributed by atoms with Gasteiger partial charge in [0.2, 0.25) is 5.28 Å². The Morgan fingerprint density at radius 2 is 2.00 bits per heavy atom. The first-order valence-corrected chi connectivity index (χ1v) is 5.77. The first-order valence-electron chi connectivity index (χ1n) is 5.39. The zero-order valence-electron chi connectivity index (χ0n) is 10.3. The predicted octanol–water partition coefficient (Wildman–Crippen LogP) is 2.87. The molecular formula is C11H19ClN4. The maximum absolute atomic E-state index is 5.88. The molecule has 0 aromatic carbocycles. The summed E-state index contributed by atoms with van der Waals surface area (Å²) < 4.78 is 0. The predicted molar refractivity (Wildman–Crippen MR) is 68.8 cm³/mol. The fourth-order valence-corrected chi connectivity index (χ4v) is 1.34. The van der Waals surface area contributed by atoms with E-state index in [1.54, 1.807) is 0 Å². The van der Waals surface area contributed by atoms with Crippen molar-refractivity contribution in [1.29, 1.82) is 0 Å². The van der Waals surface area contributed by atoms with Crippen LogP contribution in [0.4, 0.5) is 11.5 Å². The molecule has 16 heavy (non-hydrogen) atoms. The molecule has 0 bridgehead atoms. The van der Waals surface area contributed by atoms with Crippen molar-refractivity contribution in [1.82, 2.24) is 9.97 Å². The second-order valence-corrected chi connectivity index (χ2v) is 5.05. The summed E-state index contributed by atoms with van der Waals surface area (Å²) in [7, 11) is 0. The van der Waals surface area contributed by atoms with Gasteiger partial charge in [-0.3, -0.25) is 0 Å². The second-order valence-electron chi connectivity index (χ2n) is 4.71. The van der Waals surface area contributed by atoms with Crippen LogP contribution in [0.1, 0.15) is 32.9 Å². The summed E-state index contributed by atoms with van der Waals surface area (Å²) >= 11 is 5.79. The average Bonchev–Trinajstić information content (AvgIpc) is 2.21. The molecule has 0 saturated heterocycles. The van der Waals surface area contributed by atoms with Crippen LogP contribution in [0.3, 0.4) is 0 Å². The number of anilines is 2. The van der Waals surface area contributed by atoms with Gasteiger partial charge in [-0.15, -0.1) is 0 Å². The molecule has 1 heterocycles. The van der Waals surface area contributed by atoms with E-state index in [0.29, 0.717) is 17.2 Å². The molecule has 1 rings (SSSR count). The van der Waals surface area contributed by atoms with Crippen molar-refractivity contribution in [2.75, 3.05) is 17.6 Å². The van der Waals surface area contributed by atoms with Crippen LogP contribution in [0.15, 0.2) is 0 Å². The van der Waals surface area contributed by atoms with Crippen molar-refractivity contribution in [3.63, 3.8) is 0 Å².